The van der Waals surface area contributed by atoms with E-state index in [1.165, 1.54) is 0 Å². The Bertz CT molecular complexity index is 1290. The number of benzene rings is 2. The number of aromatic nitrogens is 2. The number of hydrogen-bond donors (Lipinski definition) is 4. The van der Waals surface area contributed by atoms with Crippen molar-refractivity contribution < 1.29 is 9.59 Å². The van der Waals surface area contributed by atoms with E-state index >= 15 is 0 Å². The Hall–Kier alpha value is -3.78. The summed E-state index contributed by atoms with van der Waals surface area (Å²) >= 11 is 0. The number of carbonyl (C=O) groups is 2. The standard InChI is InChI=1S/C27H30N6O2/c1-17-13-24-22(25(33-32-24)19-9-11-28-12-10-19)14-21(17)26(34)31-20-7-8-23(29-16-20)27(35)30-15-18-5-3-2-4-6-18/h2-6,9,11,13-14,20,23,29H,7-8,10,12,15-16H2,1H3,(H,30,35)(H,31,34)(H,32,33). The van der Waals surface area contributed by atoms with Crippen LogP contribution >= 0.6 is 0 Å². The summed E-state index contributed by atoms with van der Waals surface area (Å²) < 4.78 is 0. The molecule has 4 N–H and O–H groups in total. The lowest BCUT2D eigenvalue weighted by atomic mass is 9.97. The molecule has 2 unspecified atom stereocenters. The van der Waals surface area contributed by atoms with Crippen LogP contribution in [0.15, 0.2) is 53.5 Å². The summed E-state index contributed by atoms with van der Waals surface area (Å²) in [7, 11) is 0. The minimum atomic E-state index is -0.245. The highest BCUT2D eigenvalue weighted by atomic mass is 16.2. The van der Waals surface area contributed by atoms with Crippen LogP contribution in [0.3, 0.4) is 0 Å². The molecule has 2 aromatic carbocycles. The normalized spacial score (nSPS) is 19.9. The van der Waals surface area contributed by atoms with Crippen LogP contribution in [0, 0.1) is 6.92 Å². The summed E-state index contributed by atoms with van der Waals surface area (Å²) in [6.45, 7) is 3.76. The van der Waals surface area contributed by atoms with Gasteiger partial charge in [-0.15, -0.1) is 0 Å². The second kappa shape index (κ2) is 10.2. The van der Waals surface area contributed by atoms with E-state index in [9.17, 15) is 9.59 Å². The van der Waals surface area contributed by atoms with Crippen LogP contribution in [0.4, 0.5) is 0 Å². The van der Waals surface area contributed by atoms with Gasteiger partial charge in [0.1, 0.15) is 0 Å². The third-order valence-electron chi connectivity index (χ3n) is 6.72. The predicted octanol–water partition coefficient (Wildman–Crippen LogP) is 2.90. The lowest BCUT2D eigenvalue weighted by molar-refractivity contribution is -0.123. The zero-order chi connectivity index (χ0) is 24.2. The number of amides is 2. The molecule has 8 nitrogen and oxygen atoms in total. The van der Waals surface area contributed by atoms with E-state index in [2.05, 4.69) is 31.1 Å². The lowest BCUT2D eigenvalue weighted by Crippen LogP contribution is -2.54. The highest BCUT2D eigenvalue weighted by Crippen LogP contribution is 2.28. The molecule has 0 aliphatic carbocycles. The zero-order valence-corrected chi connectivity index (χ0v) is 19.8. The second-order valence-corrected chi connectivity index (χ2v) is 9.19. The Kier molecular flexibility index (Phi) is 6.72. The van der Waals surface area contributed by atoms with E-state index in [0.717, 1.165) is 52.7 Å². The number of aryl methyl sites for hydroxylation is 1. The van der Waals surface area contributed by atoms with Gasteiger partial charge in [0.2, 0.25) is 5.91 Å². The monoisotopic (exact) mass is 470 g/mol. The molecule has 0 saturated carbocycles. The molecule has 180 valence electrons. The fourth-order valence-electron chi connectivity index (χ4n) is 4.72. The molecule has 2 aliphatic rings. The first-order chi connectivity index (χ1) is 17.1. The van der Waals surface area contributed by atoms with Crippen LogP contribution in [0.2, 0.25) is 0 Å². The predicted molar refractivity (Wildman–Crippen MR) is 137 cm³/mol. The molecular weight excluding hydrogens is 440 g/mol. The van der Waals surface area contributed by atoms with E-state index in [1.807, 2.05) is 61.7 Å². The maximum atomic E-state index is 13.2. The van der Waals surface area contributed by atoms with E-state index in [1.54, 1.807) is 0 Å². The van der Waals surface area contributed by atoms with Gasteiger partial charge in [-0.25, -0.2) is 0 Å². The SMILES string of the molecule is Cc1cc2[nH]nc(C3=CC=NCC3)c2cc1C(=O)NC1CCC(C(=O)NCc2ccccc2)NC1. The molecular formula is C27H30N6O2. The van der Waals surface area contributed by atoms with Crippen LogP contribution in [0.1, 0.15) is 46.4 Å². The molecule has 1 fully saturated rings. The van der Waals surface area contributed by atoms with Gasteiger partial charge in [0, 0.05) is 42.8 Å². The topological polar surface area (TPSA) is 111 Å². The van der Waals surface area contributed by atoms with Crippen LogP contribution in [-0.2, 0) is 11.3 Å². The molecule has 0 radical (unpaired) electrons. The molecule has 3 aromatic rings. The number of nitrogens with one attached hydrogen (secondary N) is 4. The second-order valence-electron chi connectivity index (χ2n) is 9.19. The Morgan fingerprint density at radius 1 is 1.14 bits per heavy atom. The van der Waals surface area contributed by atoms with Crippen molar-refractivity contribution in [2.24, 2.45) is 4.99 Å². The third kappa shape index (κ3) is 5.17. The average molecular weight is 471 g/mol. The zero-order valence-electron chi connectivity index (χ0n) is 19.8. The van der Waals surface area contributed by atoms with E-state index in [-0.39, 0.29) is 23.9 Å². The molecule has 2 atom stereocenters. The van der Waals surface area contributed by atoms with Gasteiger partial charge in [0.05, 0.1) is 17.3 Å². The number of aromatic amines is 1. The molecule has 2 aliphatic heterocycles. The number of H-pyrrole nitrogens is 1. The Morgan fingerprint density at radius 3 is 2.74 bits per heavy atom. The largest absolute Gasteiger partial charge is 0.351 e. The minimum absolute atomic E-state index is 0.00512. The van der Waals surface area contributed by atoms with E-state index < -0.39 is 0 Å². The molecule has 35 heavy (non-hydrogen) atoms. The first kappa shape index (κ1) is 23.0. The summed E-state index contributed by atoms with van der Waals surface area (Å²) in [6.07, 6.45) is 6.04. The van der Waals surface area contributed by atoms with Crippen molar-refractivity contribution in [1.29, 1.82) is 0 Å². The van der Waals surface area contributed by atoms with Gasteiger partial charge in [-0.05, 0) is 61.1 Å². The van der Waals surface area contributed by atoms with Gasteiger partial charge < -0.3 is 16.0 Å². The van der Waals surface area contributed by atoms with Crippen molar-refractivity contribution >= 4 is 34.5 Å². The van der Waals surface area contributed by atoms with Crippen molar-refractivity contribution in [2.75, 3.05) is 13.1 Å². The molecule has 0 bridgehead atoms. The van der Waals surface area contributed by atoms with Crippen molar-refractivity contribution in [1.82, 2.24) is 26.1 Å². The van der Waals surface area contributed by atoms with Crippen molar-refractivity contribution in [3.8, 4) is 0 Å². The van der Waals surface area contributed by atoms with Crippen LogP contribution < -0.4 is 16.0 Å². The molecule has 5 rings (SSSR count). The van der Waals surface area contributed by atoms with Crippen molar-refractivity contribution in [3.05, 3.63) is 70.9 Å². The van der Waals surface area contributed by atoms with E-state index in [4.69, 9.17) is 0 Å². The lowest BCUT2D eigenvalue weighted by Gasteiger charge is -2.30. The van der Waals surface area contributed by atoms with E-state index in [0.29, 0.717) is 25.1 Å². The Labute approximate surface area is 204 Å². The third-order valence-corrected chi connectivity index (χ3v) is 6.72. The van der Waals surface area contributed by atoms with Crippen molar-refractivity contribution in [2.45, 2.75) is 44.8 Å². The molecule has 1 aromatic heterocycles. The number of dihydropyridines is 1. The number of nitrogens with zero attached hydrogens (tertiary/aromatic N) is 2. The first-order valence-electron chi connectivity index (χ1n) is 12.1. The average Bonchev–Trinajstić information content (AvgIpc) is 3.31. The van der Waals surface area contributed by atoms with Gasteiger partial charge >= 0.3 is 0 Å². The number of allylic oxidation sites excluding steroid dienone is 1. The van der Waals surface area contributed by atoms with Gasteiger partial charge in [-0.3, -0.25) is 19.7 Å². The summed E-state index contributed by atoms with van der Waals surface area (Å²) in [5, 5.41) is 18.0. The molecule has 8 heteroatoms. The number of rotatable bonds is 6. The van der Waals surface area contributed by atoms with Crippen LogP contribution in [0.5, 0.6) is 0 Å². The quantitative estimate of drug-likeness (QED) is 0.444. The van der Waals surface area contributed by atoms with Gasteiger partial charge in [0.25, 0.3) is 5.91 Å². The number of piperidine rings is 1. The van der Waals surface area contributed by atoms with Crippen molar-refractivity contribution in [3.63, 3.8) is 0 Å². The number of hydrogen-bond acceptors (Lipinski definition) is 5. The maximum Gasteiger partial charge on any atom is 0.251 e. The summed E-state index contributed by atoms with van der Waals surface area (Å²) in [5.74, 6) is -0.107. The Morgan fingerprint density at radius 2 is 2.00 bits per heavy atom. The maximum absolute atomic E-state index is 13.2. The number of aliphatic imine (C=N–C) groups is 1. The Balaban J connectivity index is 1.20. The van der Waals surface area contributed by atoms with Crippen LogP contribution in [-0.4, -0.2) is 53.4 Å². The highest BCUT2D eigenvalue weighted by Gasteiger charge is 2.27. The highest BCUT2D eigenvalue weighted by molar-refractivity contribution is 6.02. The molecule has 1 saturated heterocycles. The minimum Gasteiger partial charge on any atom is -0.351 e. The summed E-state index contributed by atoms with van der Waals surface area (Å²) in [6, 6.07) is 13.5. The first-order valence-corrected chi connectivity index (χ1v) is 12.1. The summed E-state index contributed by atoms with van der Waals surface area (Å²) in [4.78, 5) is 30.0. The smallest absolute Gasteiger partial charge is 0.251 e. The number of fused-ring (bicyclic) bond motifs is 1. The fraction of sp³-hybridized carbons (Fsp3) is 0.333. The van der Waals surface area contributed by atoms with Gasteiger partial charge in [-0.1, -0.05) is 30.3 Å². The van der Waals surface area contributed by atoms with Crippen LogP contribution in [0.25, 0.3) is 16.5 Å². The molecule has 2 amide bonds. The van der Waals surface area contributed by atoms with Gasteiger partial charge in [-0.2, -0.15) is 5.10 Å². The molecule has 3 heterocycles. The molecule has 0 spiro atoms. The summed E-state index contributed by atoms with van der Waals surface area (Å²) in [5.41, 5.74) is 5.53. The fourth-order valence-corrected chi connectivity index (χ4v) is 4.72. The van der Waals surface area contributed by atoms with Gasteiger partial charge in [0.15, 0.2) is 0 Å². The number of carbonyl (C=O) groups excluding carboxylic acids is 2.